The lowest BCUT2D eigenvalue weighted by Crippen LogP contribution is -2.30. The van der Waals surface area contributed by atoms with Crippen LogP contribution in [-0.4, -0.2) is 21.1 Å². The Morgan fingerprint density at radius 1 is 1.19 bits per heavy atom. The molecule has 0 bridgehead atoms. The van der Waals surface area contributed by atoms with E-state index >= 15 is 0 Å². The Labute approximate surface area is 155 Å². The highest BCUT2D eigenvalue weighted by Crippen LogP contribution is 2.43. The SMILES string of the molecule is O/N=C(/c1n[nH]c2c1C=CC(c1ccccc1)(c1ccsc1)C2)C1CC1. The van der Waals surface area contributed by atoms with E-state index in [4.69, 9.17) is 0 Å². The van der Waals surface area contributed by atoms with Crippen LogP contribution in [0.5, 0.6) is 0 Å². The van der Waals surface area contributed by atoms with E-state index in [1.54, 1.807) is 11.3 Å². The van der Waals surface area contributed by atoms with Gasteiger partial charge in [0.2, 0.25) is 0 Å². The predicted octanol–water partition coefficient (Wildman–Crippen LogP) is 4.62. The zero-order chi connectivity index (χ0) is 17.6. The quantitative estimate of drug-likeness (QED) is 0.405. The van der Waals surface area contributed by atoms with Crippen LogP contribution in [-0.2, 0) is 11.8 Å². The Bertz CT molecular complexity index is 984. The monoisotopic (exact) mass is 361 g/mol. The predicted molar refractivity (Wildman–Crippen MR) is 104 cm³/mol. The second-order valence-corrected chi connectivity index (χ2v) is 7.86. The van der Waals surface area contributed by atoms with E-state index in [0.29, 0.717) is 5.92 Å². The lowest BCUT2D eigenvalue weighted by Gasteiger charge is -2.33. The van der Waals surface area contributed by atoms with Crippen molar-refractivity contribution in [1.29, 1.82) is 0 Å². The molecule has 0 radical (unpaired) electrons. The van der Waals surface area contributed by atoms with Crippen LogP contribution in [0, 0.1) is 5.92 Å². The first-order chi connectivity index (χ1) is 12.8. The Morgan fingerprint density at radius 3 is 2.73 bits per heavy atom. The number of hydrogen-bond acceptors (Lipinski definition) is 4. The van der Waals surface area contributed by atoms with E-state index in [-0.39, 0.29) is 5.41 Å². The third-order valence-electron chi connectivity index (χ3n) is 5.51. The number of nitrogens with one attached hydrogen (secondary N) is 1. The zero-order valence-corrected chi connectivity index (χ0v) is 15.0. The molecule has 3 aromatic rings. The highest BCUT2D eigenvalue weighted by atomic mass is 32.1. The molecule has 0 spiro atoms. The average Bonchev–Trinajstić information content (AvgIpc) is 3.20. The molecule has 2 aliphatic carbocycles. The Kier molecular flexibility index (Phi) is 3.57. The Balaban J connectivity index is 1.63. The van der Waals surface area contributed by atoms with Crippen molar-refractivity contribution in [3.63, 3.8) is 0 Å². The molecule has 1 fully saturated rings. The minimum absolute atomic E-state index is 0.200. The van der Waals surface area contributed by atoms with Gasteiger partial charge in [-0.2, -0.15) is 16.4 Å². The van der Waals surface area contributed by atoms with E-state index in [2.05, 4.69) is 74.7 Å². The first-order valence-electron chi connectivity index (χ1n) is 8.89. The summed E-state index contributed by atoms with van der Waals surface area (Å²) in [6.07, 6.45) is 7.40. The zero-order valence-electron chi connectivity index (χ0n) is 14.2. The highest BCUT2D eigenvalue weighted by Gasteiger charge is 2.39. The summed E-state index contributed by atoms with van der Waals surface area (Å²) in [6.45, 7) is 0. The van der Waals surface area contributed by atoms with Crippen LogP contribution in [0.1, 0.15) is 40.9 Å². The van der Waals surface area contributed by atoms with Crippen molar-refractivity contribution in [3.8, 4) is 0 Å². The Morgan fingerprint density at radius 2 is 2.04 bits per heavy atom. The molecule has 5 rings (SSSR count). The summed E-state index contributed by atoms with van der Waals surface area (Å²) >= 11 is 1.72. The first-order valence-corrected chi connectivity index (χ1v) is 9.83. The van der Waals surface area contributed by atoms with Crippen LogP contribution in [0.4, 0.5) is 0 Å². The molecule has 0 amide bonds. The summed E-state index contributed by atoms with van der Waals surface area (Å²) < 4.78 is 0. The number of thiophene rings is 1. The van der Waals surface area contributed by atoms with Crippen LogP contribution in [0.2, 0.25) is 0 Å². The number of benzene rings is 1. The highest BCUT2D eigenvalue weighted by molar-refractivity contribution is 7.08. The maximum atomic E-state index is 9.45. The maximum Gasteiger partial charge on any atom is 0.117 e. The van der Waals surface area contributed by atoms with Gasteiger partial charge in [0.15, 0.2) is 0 Å². The molecule has 26 heavy (non-hydrogen) atoms. The third-order valence-corrected chi connectivity index (χ3v) is 6.20. The number of oxime groups is 1. The van der Waals surface area contributed by atoms with Crippen molar-refractivity contribution in [2.24, 2.45) is 11.1 Å². The summed E-state index contributed by atoms with van der Waals surface area (Å²) in [4.78, 5) is 0. The lowest BCUT2D eigenvalue weighted by atomic mass is 9.69. The molecular formula is C21H19N3OS. The van der Waals surface area contributed by atoms with E-state index in [1.165, 1.54) is 11.1 Å². The summed E-state index contributed by atoms with van der Waals surface area (Å²) in [5, 5.41) is 25.1. The third kappa shape index (κ3) is 2.35. The van der Waals surface area contributed by atoms with Crippen LogP contribution in [0.15, 0.2) is 58.4 Å². The van der Waals surface area contributed by atoms with Crippen molar-refractivity contribution in [2.75, 3.05) is 0 Å². The van der Waals surface area contributed by atoms with Gasteiger partial charge in [0.05, 0.1) is 0 Å². The maximum absolute atomic E-state index is 9.45. The standard InChI is InChI=1S/C21H19N3OS/c25-24-19(14-6-7-14)20-17-8-10-21(12-18(17)22-23-20,16-9-11-26-13-16)15-4-2-1-3-5-15/h1-5,8-11,13-14,25H,6-7,12H2,(H,22,23)/b24-19+. The summed E-state index contributed by atoms with van der Waals surface area (Å²) in [5.41, 5.74) is 6.04. The molecule has 2 N–H and O–H groups in total. The Hall–Kier alpha value is -2.66. The molecule has 0 aliphatic heterocycles. The van der Waals surface area contributed by atoms with Crippen molar-refractivity contribution in [1.82, 2.24) is 10.2 Å². The molecule has 1 saturated carbocycles. The van der Waals surface area contributed by atoms with Gasteiger partial charge >= 0.3 is 0 Å². The van der Waals surface area contributed by atoms with Crippen molar-refractivity contribution in [2.45, 2.75) is 24.7 Å². The molecule has 2 heterocycles. The van der Waals surface area contributed by atoms with E-state index in [1.807, 2.05) is 0 Å². The lowest BCUT2D eigenvalue weighted by molar-refractivity contribution is 0.317. The van der Waals surface area contributed by atoms with E-state index in [0.717, 1.165) is 41.9 Å². The molecule has 1 atom stereocenters. The molecule has 1 unspecified atom stereocenters. The number of nitrogens with zero attached hydrogens (tertiary/aromatic N) is 2. The molecule has 4 nitrogen and oxygen atoms in total. The number of H-pyrrole nitrogens is 1. The number of fused-ring (bicyclic) bond motifs is 1. The fraction of sp³-hybridized carbons (Fsp3) is 0.238. The molecule has 130 valence electrons. The summed E-state index contributed by atoms with van der Waals surface area (Å²) in [7, 11) is 0. The summed E-state index contributed by atoms with van der Waals surface area (Å²) in [6, 6.07) is 12.8. The van der Waals surface area contributed by atoms with Crippen molar-refractivity contribution < 1.29 is 5.21 Å². The summed E-state index contributed by atoms with van der Waals surface area (Å²) in [5.74, 6) is 0.346. The van der Waals surface area contributed by atoms with Gasteiger partial charge in [-0.15, -0.1) is 0 Å². The first kappa shape index (κ1) is 15.6. The smallest absolute Gasteiger partial charge is 0.117 e. The van der Waals surface area contributed by atoms with Crippen LogP contribution < -0.4 is 0 Å². The molecule has 1 aromatic carbocycles. The van der Waals surface area contributed by atoms with E-state index < -0.39 is 0 Å². The topological polar surface area (TPSA) is 61.3 Å². The number of hydrogen-bond donors (Lipinski definition) is 2. The number of aromatic amines is 1. The van der Waals surface area contributed by atoms with Gasteiger partial charge in [-0.05, 0) is 40.8 Å². The molecule has 0 saturated heterocycles. The normalized spacial score (nSPS) is 22.4. The number of allylic oxidation sites excluding steroid dienone is 1. The van der Waals surface area contributed by atoms with Gasteiger partial charge in [-0.25, -0.2) is 0 Å². The van der Waals surface area contributed by atoms with E-state index in [9.17, 15) is 5.21 Å². The second kappa shape index (κ2) is 5.95. The van der Waals surface area contributed by atoms with Gasteiger partial charge in [0.25, 0.3) is 0 Å². The largest absolute Gasteiger partial charge is 0.411 e. The van der Waals surface area contributed by atoms with Gasteiger partial charge in [0.1, 0.15) is 11.4 Å². The van der Waals surface area contributed by atoms with Gasteiger partial charge < -0.3 is 5.21 Å². The number of aromatic nitrogens is 2. The van der Waals surface area contributed by atoms with Crippen LogP contribution >= 0.6 is 11.3 Å². The average molecular weight is 361 g/mol. The molecule has 5 heteroatoms. The van der Waals surface area contributed by atoms with Crippen molar-refractivity contribution >= 4 is 23.1 Å². The minimum Gasteiger partial charge on any atom is -0.411 e. The molecular weight excluding hydrogens is 342 g/mol. The minimum atomic E-state index is -0.200. The fourth-order valence-electron chi connectivity index (χ4n) is 3.96. The van der Waals surface area contributed by atoms with Gasteiger partial charge in [-0.3, -0.25) is 5.10 Å². The number of rotatable bonds is 4. The fourth-order valence-corrected chi connectivity index (χ4v) is 4.70. The van der Waals surface area contributed by atoms with Crippen LogP contribution in [0.25, 0.3) is 6.08 Å². The molecule has 2 aliphatic rings. The van der Waals surface area contributed by atoms with Crippen LogP contribution in [0.3, 0.4) is 0 Å². The van der Waals surface area contributed by atoms with Crippen molar-refractivity contribution in [3.05, 3.63) is 81.3 Å². The van der Waals surface area contributed by atoms with Gasteiger partial charge in [0, 0.05) is 29.0 Å². The van der Waals surface area contributed by atoms with Gasteiger partial charge in [-0.1, -0.05) is 47.6 Å². The second-order valence-electron chi connectivity index (χ2n) is 7.08. The molecule has 2 aromatic heterocycles.